The van der Waals surface area contributed by atoms with Crippen LogP contribution in [0.1, 0.15) is 10.4 Å². The first-order valence-electron chi connectivity index (χ1n) is 4.68. The van der Waals surface area contributed by atoms with Crippen molar-refractivity contribution in [1.29, 1.82) is 5.26 Å². The van der Waals surface area contributed by atoms with Crippen molar-refractivity contribution < 1.29 is 23.1 Å². The second-order valence-corrected chi connectivity index (χ2v) is 4.96. The Hall–Kier alpha value is -2.27. The largest absolute Gasteiger partial charge is 0.497 e. The van der Waals surface area contributed by atoms with Gasteiger partial charge in [-0.2, -0.15) is 5.26 Å². The molecular weight excluding hydrogens is 260 g/mol. The molecule has 2 N–H and O–H groups in total. The zero-order valence-corrected chi connectivity index (χ0v) is 10.2. The van der Waals surface area contributed by atoms with Gasteiger partial charge in [0, 0.05) is 6.07 Å². The molecule has 0 amide bonds. The van der Waals surface area contributed by atoms with Crippen molar-refractivity contribution in [2.45, 2.75) is 0 Å². The minimum absolute atomic E-state index is 0.142. The van der Waals surface area contributed by atoms with E-state index >= 15 is 0 Å². The Morgan fingerprint density at radius 3 is 2.72 bits per heavy atom. The molecule has 96 valence electrons. The smallest absolute Gasteiger partial charge is 0.337 e. The number of rotatable bonds is 5. The number of nitriles is 1. The molecule has 1 aromatic carbocycles. The first-order chi connectivity index (χ1) is 8.39. The third-order valence-electron chi connectivity index (χ3n) is 1.98. The van der Waals surface area contributed by atoms with Crippen LogP contribution in [-0.2, 0) is 10.0 Å². The van der Waals surface area contributed by atoms with Crippen LogP contribution in [0.3, 0.4) is 0 Å². The average molecular weight is 270 g/mol. The summed E-state index contributed by atoms with van der Waals surface area (Å²) < 4.78 is 29.7. The number of aromatic carboxylic acids is 1. The van der Waals surface area contributed by atoms with Gasteiger partial charge in [-0.3, -0.25) is 4.72 Å². The highest BCUT2D eigenvalue weighted by atomic mass is 32.2. The SMILES string of the molecule is COc1ccc(C(=O)O)c(NS(=O)(=O)CC#N)c1. The monoisotopic (exact) mass is 270 g/mol. The summed E-state index contributed by atoms with van der Waals surface area (Å²) in [6.07, 6.45) is 0. The van der Waals surface area contributed by atoms with Crippen molar-refractivity contribution in [3.63, 3.8) is 0 Å². The van der Waals surface area contributed by atoms with Crippen LogP contribution in [0.5, 0.6) is 5.75 Å². The van der Waals surface area contributed by atoms with Gasteiger partial charge >= 0.3 is 5.97 Å². The predicted octanol–water partition coefficient (Wildman–Crippen LogP) is 0.659. The highest BCUT2D eigenvalue weighted by Gasteiger charge is 2.16. The van der Waals surface area contributed by atoms with Gasteiger partial charge in [-0.1, -0.05) is 0 Å². The number of sulfonamides is 1. The molecule has 0 radical (unpaired) electrons. The van der Waals surface area contributed by atoms with Gasteiger partial charge in [-0.25, -0.2) is 13.2 Å². The van der Waals surface area contributed by atoms with Crippen molar-refractivity contribution in [2.75, 3.05) is 17.6 Å². The normalized spacial score (nSPS) is 10.4. The van der Waals surface area contributed by atoms with E-state index in [-0.39, 0.29) is 11.3 Å². The van der Waals surface area contributed by atoms with E-state index < -0.39 is 21.7 Å². The van der Waals surface area contributed by atoms with E-state index in [1.165, 1.54) is 31.4 Å². The predicted molar refractivity (Wildman–Crippen MR) is 63.0 cm³/mol. The topological polar surface area (TPSA) is 116 Å². The second kappa shape index (κ2) is 5.37. The van der Waals surface area contributed by atoms with E-state index in [1.54, 1.807) is 0 Å². The van der Waals surface area contributed by atoms with Gasteiger partial charge in [0.15, 0.2) is 5.75 Å². The number of nitrogens with zero attached hydrogens (tertiary/aromatic N) is 1. The number of carboxylic acids is 1. The number of hydrogen-bond acceptors (Lipinski definition) is 5. The molecule has 0 aliphatic rings. The van der Waals surface area contributed by atoms with E-state index in [0.717, 1.165) is 0 Å². The van der Waals surface area contributed by atoms with Crippen molar-refractivity contribution in [3.05, 3.63) is 23.8 Å². The van der Waals surface area contributed by atoms with E-state index in [4.69, 9.17) is 15.1 Å². The summed E-state index contributed by atoms with van der Waals surface area (Å²) in [5, 5.41) is 17.3. The van der Waals surface area contributed by atoms with Crippen LogP contribution in [-0.4, -0.2) is 32.4 Å². The quantitative estimate of drug-likeness (QED) is 0.811. The number of benzene rings is 1. The molecule has 7 nitrogen and oxygen atoms in total. The number of nitrogens with one attached hydrogen (secondary N) is 1. The van der Waals surface area contributed by atoms with Crippen LogP contribution >= 0.6 is 0 Å². The third-order valence-corrected chi connectivity index (χ3v) is 3.02. The number of anilines is 1. The van der Waals surface area contributed by atoms with Gasteiger partial charge in [0.1, 0.15) is 5.75 Å². The Balaban J connectivity index is 3.21. The second-order valence-electron chi connectivity index (χ2n) is 3.24. The van der Waals surface area contributed by atoms with Crippen LogP contribution in [0.15, 0.2) is 18.2 Å². The molecule has 18 heavy (non-hydrogen) atoms. The van der Waals surface area contributed by atoms with E-state index in [1.807, 2.05) is 4.72 Å². The minimum Gasteiger partial charge on any atom is -0.497 e. The number of carboxylic acid groups (broad SMARTS) is 1. The third kappa shape index (κ3) is 3.36. The molecule has 0 spiro atoms. The maximum Gasteiger partial charge on any atom is 0.337 e. The molecule has 1 aromatic rings. The van der Waals surface area contributed by atoms with E-state index in [0.29, 0.717) is 5.75 Å². The fourth-order valence-corrected chi connectivity index (χ4v) is 1.96. The summed E-state index contributed by atoms with van der Waals surface area (Å²) in [6, 6.07) is 5.32. The minimum atomic E-state index is -3.90. The van der Waals surface area contributed by atoms with Gasteiger partial charge in [-0.15, -0.1) is 0 Å². The van der Waals surface area contributed by atoms with Crippen LogP contribution in [0, 0.1) is 11.3 Å². The molecule has 0 aliphatic carbocycles. The molecule has 0 saturated heterocycles. The lowest BCUT2D eigenvalue weighted by Gasteiger charge is -2.10. The van der Waals surface area contributed by atoms with Gasteiger partial charge in [0.25, 0.3) is 0 Å². The van der Waals surface area contributed by atoms with Gasteiger partial charge in [-0.05, 0) is 12.1 Å². The van der Waals surface area contributed by atoms with Crippen LogP contribution < -0.4 is 9.46 Å². The number of hydrogen-bond donors (Lipinski definition) is 2. The summed E-state index contributed by atoms with van der Waals surface area (Å²) in [5.74, 6) is -1.74. The zero-order valence-electron chi connectivity index (χ0n) is 9.37. The highest BCUT2D eigenvalue weighted by molar-refractivity contribution is 7.92. The van der Waals surface area contributed by atoms with Gasteiger partial charge in [0.05, 0.1) is 24.4 Å². The van der Waals surface area contributed by atoms with Crippen molar-refractivity contribution in [1.82, 2.24) is 0 Å². The Bertz CT molecular complexity index is 603. The first kappa shape index (κ1) is 13.8. The van der Waals surface area contributed by atoms with Crippen molar-refractivity contribution >= 4 is 21.7 Å². The Kier molecular flexibility index (Phi) is 4.12. The Morgan fingerprint density at radius 1 is 1.56 bits per heavy atom. The molecule has 0 aliphatic heterocycles. The fraction of sp³-hybridized carbons (Fsp3) is 0.200. The maximum atomic E-state index is 11.4. The summed E-state index contributed by atoms with van der Waals surface area (Å²) in [6.45, 7) is 0. The van der Waals surface area contributed by atoms with Crippen molar-refractivity contribution in [3.8, 4) is 11.8 Å². The molecule has 0 saturated carbocycles. The van der Waals surface area contributed by atoms with Crippen LogP contribution in [0.4, 0.5) is 5.69 Å². The number of methoxy groups -OCH3 is 1. The zero-order chi connectivity index (χ0) is 13.8. The van der Waals surface area contributed by atoms with E-state index in [9.17, 15) is 13.2 Å². The maximum absolute atomic E-state index is 11.4. The lowest BCUT2D eigenvalue weighted by Crippen LogP contribution is -2.17. The summed E-state index contributed by atoms with van der Waals surface area (Å²) in [7, 11) is -2.53. The molecule has 0 bridgehead atoms. The molecule has 0 unspecified atom stereocenters. The molecule has 0 aromatic heterocycles. The van der Waals surface area contributed by atoms with Crippen LogP contribution in [0.2, 0.25) is 0 Å². The Labute approximate surface area is 104 Å². The summed E-state index contributed by atoms with van der Waals surface area (Å²) >= 11 is 0. The molecule has 0 heterocycles. The molecule has 1 rings (SSSR count). The first-order valence-corrected chi connectivity index (χ1v) is 6.33. The molecule has 0 fully saturated rings. The van der Waals surface area contributed by atoms with Crippen molar-refractivity contribution in [2.24, 2.45) is 0 Å². The van der Waals surface area contributed by atoms with E-state index in [2.05, 4.69) is 0 Å². The fourth-order valence-electron chi connectivity index (χ4n) is 1.21. The molecule has 8 heteroatoms. The Morgan fingerprint density at radius 2 is 2.22 bits per heavy atom. The summed E-state index contributed by atoms with van der Waals surface area (Å²) in [4.78, 5) is 10.9. The highest BCUT2D eigenvalue weighted by Crippen LogP contribution is 2.23. The standard InChI is InChI=1S/C10H10N2O5S/c1-17-7-2-3-8(10(13)14)9(6-7)12-18(15,16)5-4-11/h2-3,6,12H,5H2,1H3,(H,13,14). The number of carbonyl (C=O) groups is 1. The lowest BCUT2D eigenvalue weighted by atomic mass is 10.2. The number of ether oxygens (including phenoxy) is 1. The molecule has 0 atom stereocenters. The van der Waals surface area contributed by atoms with Gasteiger partial charge < -0.3 is 9.84 Å². The lowest BCUT2D eigenvalue weighted by molar-refractivity contribution is 0.0698. The average Bonchev–Trinajstić information content (AvgIpc) is 2.27. The summed E-state index contributed by atoms with van der Waals surface area (Å²) in [5.41, 5.74) is -0.366. The van der Waals surface area contributed by atoms with Gasteiger partial charge in [0.2, 0.25) is 10.0 Å². The molecular formula is C10H10N2O5S. The van der Waals surface area contributed by atoms with Crippen LogP contribution in [0.25, 0.3) is 0 Å².